The molecule has 0 spiro atoms. The van der Waals surface area contributed by atoms with Crippen molar-refractivity contribution in [2.75, 3.05) is 19.8 Å². The van der Waals surface area contributed by atoms with Gasteiger partial charge in [-0.15, -0.1) is 0 Å². The van der Waals surface area contributed by atoms with Crippen LogP contribution in [0, 0.1) is 0 Å². The highest BCUT2D eigenvalue weighted by atomic mass is 31.2. The highest BCUT2D eigenvalue weighted by Gasteiger charge is 2.28. The quantitative estimate of drug-likeness (QED) is 0.0236. The summed E-state index contributed by atoms with van der Waals surface area (Å²) in [5.74, 6) is -2.41. The summed E-state index contributed by atoms with van der Waals surface area (Å²) in [5, 5.41) is 8.87. The van der Waals surface area contributed by atoms with E-state index in [1.165, 1.54) is 51.4 Å². The van der Waals surface area contributed by atoms with Crippen LogP contribution in [0.3, 0.4) is 0 Å². The van der Waals surface area contributed by atoms with Crippen molar-refractivity contribution >= 4 is 25.7 Å². The molecule has 11 nitrogen and oxygen atoms in total. The minimum absolute atomic E-state index is 0.143. The van der Waals surface area contributed by atoms with E-state index in [1.54, 1.807) is 0 Å². The summed E-state index contributed by atoms with van der Waals surface area (Å²) < 4.78 is 32.6. The van der Waals surface area contributed by atoms with E-state index >= 15 is 0 Å². The van der Waals surface area contributed by atoms with Crippen LogP contribution in [-0.2, 0) is 37.5 Å². The molecule has 0 radical (unpaired) electrons. The van der Waals surface area contributed by atoms with E-state index in [0.717, 1.165) is 83.5 Å². The molecule has 0 aliphatic carbocycles. The van der Waals surface area contributed by atoms with Gasteiger partial charge in [-0.2, -0.15) is 0 Å². The van der Waals surface area contributed by atoms with Crippen LogP contribution >= 0.6 is 7.82 Å². The Hall–Kier alpha value is -2.30. The van der Waals surface area contributed by atoms with E-state index in [2.05, 4.69) is 54.8 Å². The monoisotopic (exact) mass is 772 g/mol. The number of ether oxygens (including phenoxy) is 2. The van der Waals surface area contributed by atoms with Crippen molar-refractivity contribution in [3.8, 4) is 0 Å². The van der Waals surface area contributed by atoms with E-state index < -0.39 is 51.1 Å². The first-order chi connectivity index (χ1) is 25.6. The standard InChI is InChI=1S/C41H74NO10P/c1-3-5-7-9-11-13-15-17-19-21-23-25-27-29-31-33-40(44)52-37(35-50-53(47,48)51-36-38(42)41(45)46)34-49-39(43)32-30-28-26-24-22-20-18-16-14-12-10-8-6-4-2/h11,13,16-19,37-38H,3-10,12,14-15,20-36,42H2,1-2H3,(H,45,46)(H,47,48)/b13-11-,18-16-,19-17-. The van der Waals surface area contributed by atoms with Crippen LogP contribution in [0.1, 0.15) is 174 Å². The molecule has 3 unspecified atom stereocenters. The number of nitrogens with two attached hydrogens (primary N) is 1. The van der Waals surface area contributed by atoms with E-state index in [1.807, 2.05) is 0 Å². The SMILES string of the molecule is CCCCC/C=C\C/C=C\CCCCCCCC(=O)OC(COC(=O)CCCCCCC/C=C\CCCCCCC)COP(=O)(O)OCC(N)C(=O)O. The molecular weight excluding hydrogens is 697 g/mol. The maximum Gasteiger partial charge on any atom is 0.472 e. The molecule has 0 aliphatic heterocycles. The van der Waals surface area contributed by atoms with Gasteiger partial charge < -0.3 is 25.2 Å². The summed E-state index contributed by atoms with van der Waals surface area (Å²) >= 11 is 0. The number of allylic oxidation sites excluding steroid dienone is 6. The summed E-state index contributed by atoms with van der Waals surface area (Å²) in [6.45, 7) is 2.73. The van der Waals surface area contributed by atoms with E-state index in [9.17, 15) is 23.8 Å². The molecule has 0 rings (SSSR count). The molecule has 3 atom stereocenters. The fraction of sp³-hybridized carbons (Fsp3) is 0.780. The number of carbonyl (C=O) groups is 3. The highest BCUT2D eigenvalue weighted by Crippen LogP contribution is 2.43. The summed E-state index contributed by atoms with van der Waals surface area (Å²) in [5.41, 5.74) is 5.32. The zero-order valence-electron chi connectivity index (χ0n) is 33.1. The Morgan fingerprint density at radius 3 is 1.53 bits per heavy atom. The second-order valence-corrected chi connectivity index (χ2v) is 15.2. The van der Waals surface area contributed by atoms with Gasteiger partial charge in [-0.05, 0) is 70.6 Å². The molecule has 0 saturated heterocycles. The Balaban J connectivity index is 4.44. The zero-order chi connectivity index (χ0) is 39.3. The molecule has 12 heteroatoms. The van der Waals surface area contributed by atoms with Crippen molar-refractivity contribution in [3.05, 3.63) is 36.5 Å². The van der Waals surface area contributed by atoms with Gasteiger partial charge in [0.05, 0.1) is 13.2 Å². The molecule has 0 fully saturated rings. The Kier molecular flexibility index (Phi) is 35.1. The van der Waals surface area contributed by atoms with E-state index in [0.29, 0.717) is 12.8 Å². The van der Waals surface area contributed by atoms with Crippen molar-refractivity contribution in [1.29, 1.82) is 0 Å². The number of hydrogen-bond acceptors (Lipinski definition) is 9. The lowest BCUT2D eigenvalue weighted by Crippen LogP contribution is -2.34. The molecule has 4 N–H and O–H groups in total. The molecule has 0 aromatic rings. The zero-order valence-corrected chi connectivity index (χ0v) is 34.0. The molecule has 0 amide bonds. The normalized spacial score (nSPS) is 14.2. The van der Waals surface area contributed by atoms with Gasteiger partial charge in [0.25, 0.3) is 0 Å². The van der Waals surface area contributed by atoms with Crippen molar-refractivity contribution in [2.24, 2.45) is 5.73 Å². The van der Waals surface area contributed by atoms with Crippen molar-refractivity contribution in [1.82, 2.24) is 0 Å². The molecule has 53 heavy (non-hydrogen) atoms. The average Bonchev–Trinajstić information content (AvgIpc) is 3.13. The van der Waals surface area contributed by atoms with Crippen molar-refractivity contribution < 1.29 is 47.5 Å². The predicted octanol–water partition coefficient (Wildman–Crippen LogP) is 10.4. The number of carboxylic acids is 1. The number of carbonyl (C=O) groups excluding carboxylic acids is 2. The molecule has 308 valence electrons. The minimum Gasteiger partial charge on any atom is -0.480 e. The topological polar surface area (TPSA) is 172 Å². The number of phosphoric ester groups is 1. The Bertz CT molecular complexity index is 1050. The Morgan fingerprint density at radius 2 is 1.00 bits per heavy atom. The largest absolute Gasteiger partial charge is 0.480 e. The molecule has 0 aliphatic rings. The number of carboxylic acid groups (broad SMARTS) is 1. The third-order valence-corrected chi connectivity index (χ3v) is 9.56. The molecule has 0 heterocycles. The molecule has 0 aromatic heterocycles. The first-order valence-electron chi connectivity index (χ1n) is 20.5. The van der Waals surface area contributed by atoms with Gasteiger partial charge in [0.1, 0.15) is 12.6 Å². The number of esters is 2. The first kappa shape index (κ1) is 50.7. The average molecular weight is 772 g/mol. The van der Waals surface area contributed by atoms with Gasteiger partial charge in [-0.3, -0.25) is 23.4 Å². The first-order valence-corrected chi connectivity index (χ1v) is 22.0. The van der Waals surface area contributed by atoms with Gasteiger partial charge in [0.2, 0.25) is 0 Å². The Morgan fingerprint density at radius 1 is 0.585 bits per heavy atom. The predicted molar refractivity (Wildman–Crippen MR) is 212 cm³/mol. The third kappa shape index (κ3) is 36.4. The number of hydrogen-bond donors (Lipinski definition) is 3. The number of phosphoric acid groups is 1. The highest BCUT2D eigenvalue weighted by molar-refractivity contribution is 7.47. The van der Waals surface area contributed by atoms with Gasteiger partial charge in [-0.1, -0.05) is 127 Å². The lowest BCUT2D eigenvalue weighted by molar-refractivity contribution is -0.161. The number of rotatable bonds is 38. The third-order valence-electron chi connectivity index (χ3n) is 8.61. The lowest BCUT2D eigenvalue weighted by Gasteiger charge is -2.20. The number of unbranched alkanes of at least 4 members (excludes halogenated alkanes) is 18. The van der Waals surface area contributed by atoms with Crippen molar-refractivity contribution in [3.63, 3.8) is 0 Å². The Labute approximate surface area is 321 Å². The molecule has 0 bridgehead atoms. The summed E-state index contributed by atoms with van der Waals surface area (Å²) in [6, 6.07) is -1.52. The summed E-state index contributed by atoms with van der Waals surface area (Å²) in [4.78, 5) is 45.8. The fourth-order valence-electron chi connectivity index (χ4n) is 5.32. The molecule has 0 saturated carbocycles. The van der Waals surface area contributed by atoms with Gasteiger partial charge >= 0.3 is 25.7 Å². The van der Waals surface area contributed by atoms with Crippen molar-refractivity contribution in [2.45, 2.75) is 187 Å². The minimum atomic E-state index is -4.72. The lowest BCUT2D eigenvalue weighted by atomic mass is 10.1. The summed E-state index contributed by atoms with van der Waals surface area (Å²) in [7, 11) is -4.72. The number of aliphatic carboxylic acids is 1. The van der Waals surface area contributed by atoms with Crippen LogP contribution in [0.25, 0.3) is 0 Å². The van der Waals surface area contributed by atoms with Crippen LogP contribution in [0.15, 0.2) is 36.5 Å². The smallest absolute Gasteiger partial charge is 0.472 e. The molecule has 0 aromatic carbocycles. The summed E-state index contributed by atoms with van der Waals surface area (Å²) in [6.07, 6.45) is 37.8. The molecular formula is C41H74NO10P. The van der Waals surface area contributed by atoms with E-state index in [4.69, 9.17) is 24.8 Å². The second-order valence-electron chi connectivity index (χ2n) is 13.8. The maximum absolute atomic E-state index is 12.6. The second kappa shape index (κ2) is 36.7. The van der Waals surface area contributed by atoms with Gasteiger partial charge in [0, 0.05) is 12.8 Å². The van der Waals surface area contributed by atoms with Crippen LogP contribution in [0.2, 0.25) is 0 Å². The van der Waals surface area contributed by atoms with Crippen LogP contribution in [0.4, 0.5) is 0 Å². The van der Waals surface area contributed by atoms with Crippen LogP contribution < -0.4 is 5.73 Å². The van der Waals surface area contributed by atoms with Crippen LogP contribution in [-0.4, -0.2) is 59.9 Å². The van der Waals surface area contributed by atoms with Gasteiger partial charge in [-0.25, -0.2) is 4.57 Å². The van der Waals surface area contributed by atoms with Gasteiger partial charge in [0.15, 0.2) is 6.10 Å². The fourth-order valence-corrected chi connectivity index (χ4v) is 6.10. The maximum atomic E-state index is 12.6. The van der Waals surface area contributed by atoms with Crippen LogP contribution in [0.5, 0.6) is 0 Å². The van der Waals surface area contributed by atoms with E-state index in [-0.39, 0.29) is 19.4 Å².